The van der Waals surface area contributed by atoms with Gasteiger partial charge in [0.25, 0.3) is 0 Å². The highest BCUT2D eigenvalue weighted by Crippen LogP contribution is 2.55. The molecule has 1 spiro atoms. The predicted molar refractivity (Wildman–Crippen MR) is 142 cm³/mol. The maximum absolute atomic E-state index is 12.6. The molecule has 1 aliphatic carbocycles. The van der Waals surface area contributed by atoms with Gasteiger partial charge in [-0.2, -0.15) is 0 Å². The summed E-state index contributed by atoms with van der Waals surface area (Å²) in [6.45, 7) is 7.31. The van der Waals surface area contributed by atoms with Gasteiger partial charge >= 0.3 is 12.2 Å². The average molecular weight is 506 g/mol. The minimum atomic E-state index is -0.495. The van der Waals surface area contributed by atoms with Gasteiger partial charge in [0.15, 0.2) is 0 Å². The number of nitrogens with zero attached hydrogens (tertiary/aromatic N) is 4. The summed E-state index contributed by atoms with van der Waals surface area (Å²) in [5.74, 6) is 0.461. The molecule has 2 heterocycles. The smallest absolute Gasteiger partial charge is 0.414 e. The van der Waals surface area contributed by atoms with Crippen molar-refractivity contribution in [3.8, 4) is 0 Å². The number of rotatable bonds is 4. The zero-order valence-electron chi connectivity index (χ0n) is 21.9. The van der Waals surface area contributed by atoms with Crippen LogP contribution in [0.25, 0.3) is 11.0 Å². The van der Waals surface area contributed by atoms with Crippen LogP contribution in [-0.4, -0.2) is 52.4 Å². The molecular formula is C28H35N5O4. The van der Waals surface area contributed by atoms with Crippen molar-refractivity contribution in [2.45, 2.75) is 58.3 Å². The lowest BCUT2D eigenvalue weighted by molar-refractivity contribution is 0.0200. The lowest BCUT2D eigenvalue weighted by Crippen LogP contribution is -2.43. The van der Waals surface area contributed by atoms with Crippen LogP contribution in [0.1, 0.15) is 51.6 Å². The van der Waals surface area contributed by atoms with Gasteiger partial charge in [0, 0.05) is 31.9 Å². The monoisotopic (exact) mass is 505 g/mol. The number of fused-ring (bicyclic) bond motifs is 1. The Kier molecular flexibility index (Phi) is 6.25. The van der Waals surface area contributed by atoms with Gasteiger partial charge in [0.2, 0.25) is 5.95 Å². The maximum atomic E-state index is 12.6. The van der Waals surface area contributed by atoms with Crippen LogP contribution in [0.2, 0.25) is 0 Å². The normalized spacial score (nSPS) is 21.2. The number of imidazole rings is 1. The van der Waals surface area contributed by atoms with E-state index in [-0.39, 0.29) is 24.2 Å². The summed E-state index contributed by atoms with van der Waals surface area (Å²) in [6.07, 6.45) is 2.17. The number of carbonyl (C=O) groups is 2. The van der Waals surface area contributed by atoms with Gasteiger partial charge in [-0.15, -0.1) is 0 Å². The standard InChI is InChI=1S/C28H35N5O4/c1-27(2,3)37-26(35)32-13-12-28(18-32)15-21(16-28)33-23-11-10-20(14-22(23)30-24(33)29)31(4)25(34)36-17-19-8-6-5-7-9-19/h5-11,14,21H,12-13,15-18H2,1-4H3,(H2,29,30). The molecule has 1 saturated carbocycles. The molecule has 0 atom stereocenters. The van der Waals surface area contributed by atoms with Crippen LogP contribution in [-0.2, 0) is 16.1 Å². The molecule has 0 unspecified atom stereocenters. The highest BCUT2D eigenvalue weighted by molar-refractivity contribution is 5.91. The first-order valence-electron chi connectivity index (χ1n) is 12.7. The van der Waals surface area contributed by atoms with Crippen LogP contribution < -0.4 is 10.6 Å². The quantitative estimate of drug-likeness (QED) is 0.512. The van der Waals surface area contributed by atoms with Gasteiger partial charge < -0.3 is 24.7 Å². The van der Waals surface area contributed by atoms with Crippen molar-refractivity contribution in [3.05, 3.63) is 54.1 Å². The maximum Gasteiger partial charge on any atom is 0.414 e. The first-order valence-corrected chi connectivity index (χ1v) is 12.7. The number of anilines is 2. The molecule has 3 aromatic rings. The van der Waals surface area contributed by atoms with Crippen LogP contribution in [0.5, 0.6) is 0 Å². The molecule has 2 fully saturated rings. The Morgan fingerprint density at radius 3 is 2.59 bits per heavy atom. The molecule has 37 heavy (non-hydrogen) atoms. The van der Waals surface area contributed by atoms with E-state index >= 15 is 0 Å². The second kappa shape index (κ2) is 9.28. The van der Waals surface area contributed by atoms with Crippen molar-refractivity contribution >= 4 is 34.9 Å². The lowest BCUT2D eigenvalue weighted by Gasteiger charge is -2.46. The lowest BCUT2D eigenvalue weighted by atomic mass is 9.65. The van der Waals surface area contributed by atoms with Gasteiger partial charge in [-0.1, -0.05) is 30.3 Å². The molecule has 1 aromatic heterocycles. The number of benzene rings is 2. The number of ether oxygens (including phenoxy) is 2. The molecule has 2 amide bonds. The fourth-order valence-corrected chi connectivity index (χ4v) is 5.49. The van der Waals surface area contributed by atoms with E-state index in [2.05, 4.69) is 9.55 Å². The van der Waals surface area contributed by atoms with E-state index in [1.165, 1.54) is 4.90 Å². The van der Waals surface area contributed by atoms with Gasteiger partial charge in [-0.25, -0.2) is 14.6 Å². The van der Waals surface area contributed by atoms with E-state index in [4.69, 9.17) is 15.2 Å². The van der Waals surface area contributed by atoms with Gasteiger partial charge in [0.1, 0.15) is 12.2 Å². The summed E-state index contributed by atoms with van der Waals surface area (Å²) in [4.78, 5) is 33.0. The van der Waals surface area contributed by atoms with Gasteiger partial charge in [-0.3, -0.25) is 4.90 Å². The Bertz CT molecular complexity index is 1310. The molecule has 1 saturated heterocycles. The molecule has 0 radical (unpaired) electrons. The number of aromatic nitrogens is 2. The van der Waals surface area contributed by atoms with Gasteiger partial charge in [-0.05, 0) is 69.2 Å². The fraction of sp³-hybridized carbons (Fsp3) is 0.464. The second-order valence-electron chi connectivity index (χ2n) is 11.3. The van der Waals surface area contributed by atoms with Crippen molar-refractivity contribution in [2.24, 2.45) is 5.41 Å². The molecule has 2 N–H and O–H groups in total. The summed E-state index contributed by atoms with van der Waals surface area (Å²) in [5, 5.41) is 0. The molecule has 0 bridgehead atoms. The van der Waals surface area contributed by atoms with Gasteiger partial charge in [0.05, 0.1) is 11.0 Å². The van der Waals surface area contributed by atoms with Crippen molar-refractivity contribution in [1.29, 1.82) is 0 Å². The molecule has 5 rings (SSSR count). The van der Waals surface area contributed by atoms with Crippen LogP contribution in [0, 0.1) is 5.41 Å². The third-order valence-electron chi connectivity index (χ3n) is 7.36. The zero-order chi connectivity index (χ0) is 26.4. The number of nitrogen functional groups attached to an aromatic ring is 1. The number of amides is 2. The highest BCUT2D eigenvalue weighted by atomic mass is 16.6. The van der Waals surface area contributed by atoms with Crippen LogP contribution in [0.15, 0.2) is 48.5 Å². The number of hydrogen-bond acceptors (Lipinski definition) is 6. The fourth-order valence-electron chi connectivity index (χ4n) is 5.49. The number of nitrogens with two attached hydrogens (primary N) is 1. The summed E-state index contributed by atoms with van der Waals surface area (Å²) in [7, 11) is 1.68. The topological polar surface area (TPSA) is 103 Å². The van der Waals surface area contributed by atoms with E-state index < -0.39 is 11.7 Å². The summed E-state index contributed by atoms with van der Waals surface area (Å²) in [5.41, 5.74) is 9.26. The Morgan fingerprint density at radius 1 is 1.16 bits per heavy atom. The van der Waals surface area contributed by atoms with Crippen molar-refractivity contribution < 1.29 is 19.1 Å². The van der Waals surface area contributed by atoms with E-state index in [0.29, 0.717) is 18.2 Å². The molecule has 9 nitrogen and oxygen atoms in total. The predicted octanol–water partition coefficient (Wildman–Crippen LogP) is 5.35. The largest absolute Gasteiger partial charge is 0.444 e. The minimum Gasteiger partial charge on any atom is -0.444 e. The van der Waals surface area contributed by atoms with Crippen LogP contribution in [0.3, 0.4) is 0 Å². The van der Waals surface area contributed by atoms with E-state index in [1.54, 1.807) is 7.05 Å². The molecular weight excluding hydrogens is 470 g/mol. The molecule has 2 aliphatic rings. The van der Waals surface area contributed by atoms with E-state index in [0.717, 1.165) is 42.4 Å². The minimum absolute atomic E-state index is 0.104. The third kappa shape index (κ3) is 5.08. The Labute approximate surface area is 217 Å². The number of likely N-dealkylation sites (tertiary alicyclic amines) is 1. The Morgan fingerprint density at radius 2 is 1.89 bits per heavy atom. The first-order chi connectivity index (χ1) is 17.5. The van der Waals surface area contributed by atoms with Crippen molar-refractivity contribution in [1.82, 2.24) is 14.5 Å². The molecule has 1 aliphatic heterocycles. The highest BCUT2D eigenvalue weighted by Gasteiger charge is 2.51. The molecule has 9 heteroatoms. The summed E-state index contributed by atoms with van der Waals surface area (Å²) >= 11 is 0. The third-order valence-corrected chi connectivity index (χ3v) is 7.36. The van der Waals surface area contributed by atoms with Crippen LogP contribution in [0.4, 0.5) is 21.2 Å². The number of hydrogen-bond donors (Lipinski definition) is 1. The summed E-state index contributed by atoms with van der Waals surface area (Å²) < 4.78 is 13.1. The molecule has 2 aromatic carbocycles. The van der Waals surface area contributed by atoms with Crippen molar-refractivity contribution in [3.63, 3.8) is 0 Å². The van der Waals surface area contributed by atoms with E-state index in [1.807, 2.05) is 74.2 Å². The zero-order valence-corrected chi connectivity index (χ0v) is 21.9. The second-order valence-corrected chi connectivity index (χ2v) is 11.3. The SMILES string of the molecule is CN(C(=O)OCc1ccccc1)c1ccc2c(c1)nc(N)n2C1CC2(CCN(C(=O)OC(C)(C)C)C2)C1. The first kappa shape index (κ1) is 24.9. The Balaban J connectivity index is 1.24. The van der Waals surface area contributed by atoms with Crippen LogP contribution >= 0.6 is 0 Å². The van der Waals surface area contributed by atoms with Crippen molar-refractivity contribution in [2.75, 3.05) is 30.8 Å². The number of carbonyl (C=O) groups excluding carboxylic acids is 2. The molecule has 196 valence electrons. The average Bonchev–Trinajstić information content (AvgIpc) is 3.41. The Hall–Kier alpha value is -3.75. The van der Waals surface area contributed by atoms with E-state index in [9.17, 15) is 9.59 Å². The summed E-state index contributed by atoms with van der Waals surface area (Å²) in [6, 6.07) is 15.5.